The zero-order valence-corrected chi connectivity index (χ0v) is 14.6. The van der Waals surface area contributed by atoms with Gasteiger partial charge in [-0.1, -0.05) is 12.1 Å². The van der Waals surface area contributed by atoms with Gasteiger partial charge in [0.2, 0.25) is 5.28 Å². The molecule has 0 saturated heterocycles. The first-order valence-corrected chi connectivity index (χ1v) is 8.65. The minimum absolute atomic E-state index is 0.133. The van der Waals surface area contributed by atoms with Crippen molar-refractivity contribution in [3.8, 4) is 0 Å². The molecule has 0 aliphatic carbocycles. The molecule has 6 heteroatoms. The number of rotatable bonds is 5. The average Bonchev–Trinajstić information content (AvgIpc) is 2.69. The topological polar surface area (TPSA) is 63.6 Å². The van der Waals surface area contributed by atoms with Crippen LogP contribution in [0.25, 0.3) is 10.9 Å². The largest absolute Gasteiger partial charge is 0.368 e. The Bertz CT molecular complexity index is 969. The molecule has 26 heavy (non-hydrogen) atoms. The number of benzene rings is 1. The zero-order chi connectivity index (χ0) is 17.8. The Morgan fingerprint density at radius 1 is 0.808 bits per heavy atom. The summed E-state index contributed by atoms with van der Waals surface area (Å²) >= 11 is 6.09. The Labute approximate surface area is 156 Å². The standard InChI is InChI=1S/C20H16ClN5/c21-20-25-18-4-2-1-3-16(18)19(26-20)24-13-17(14-5-9-22-10-6-14)15-7-11-23-12-8-15/h1-12,17H,13H2,(H,24,25,26). The minimum Gasteiger partial charge on any atom is -0.368 e. The van der Waals surface area contributed by atoms with E-state index in [0.717, 1.165) is 16.7 Å². The molecule has 0 saturated carbocycles. The second kappa shape index (κ2) is 7.45. The van der Waals surface area contributed by atoms with Crippen molar-refractivity contribution in [1.29, 1.82) is 0 Å². The van der Waals surface area contributed by atoms with E-state index >= 15 is 0 Å². The van der Waals surface area contributed by atoms with Crippen LogP contribution in [0.5, 0.6) is 0 Å². The van der Waals surface area contributed by atoms with Crippen LogP contribution in [-0.4, -0.2) is 26.5 Å². The lowest BCUT2D eigenvalue weighted by molar-refractivity contribution is 0.843. The predicted octanol–water partition coefficient (Wildman–Crippen LogP) is 4.32. The second-order valence-corrected chi connectivity index (χ2v) is 6.19. The Balaban J connectivity index is 1.68. The predicted molar refractivity (Wildman–Crippen MR) is 103 cm³/mol. The summed E-state index contributed by atoms with van der Waals surface area (Å²) in [4.78, 5) is 16.9. The number of para-hydroxylation sites is 1. The minimum atomic E-state index is 0.133. The number of fused-ring (bicyclic) bond motifs is 1. The lowest BCUT2D eigenvalue weighted by Crippen LogP contribution is -2.15. The first kappa shape index (κ1) is 16.4. The maximum Gasteiger partial charge on any atom is 0.224 e. The van der Waals surface area contributed by atoms with Crippen molar-refractivity contribution in [1.82, 2.24) is 19.9 Å². The highest BCUT2D eigenvalue weighted by Gasteiger charge is 2.15. The maximum absolute atomic E-state index is 6.09. The molecule has 5 nitrogen and oxygen atoms in total. The molecule has 4 aromatic rings. The number of nitrogens with one attached hydrogen (secondary N) is 1. The van der Waals surface area contributed by atoms with Crippen molar-refractivity contribution < 1.29 is 0 Å². The number of pyridine rings is 2. The summed E-state index contributed by atoms with van der Waals surface area (Å²) in [5.74, 6) is 0.863. The smallest absolute Gasteiger partial charge is 0.224 e. The van der Waals surface area contributed by atoms with Gasteiger partial charge in [-0.15, -0.1) is 0 Å². The van der Waals surface area contributed by atoms with Gasteiger partial charge in [-0.05, 0) is 59.1 Å². The molecule has 0 aliphatic heterocycles. The van der Waals surface area contributed by atoms with Gasteiger partial charge in [0.05, 0.1) is 5.52 Å². The van der Waals surface area contributed by atoms with E-state index < -0.39 is 0 Å². The molecule has 0 radical (unpaired) electrons. The van der Waals surface area contributed by atoms with E-state index in [-0.39, 0.29) is 11.2 Å². The Morgan fingerprint density at radius 2 is 1.42 bits per heavy atom. The monoisotopic (exact) mass is 361 g/mol. The van der Waals surface area contributed by atoms with Gasteiger partial charge in [0.1, 0.15) is 5.82 Å². The van der Waals surface area contributed by atoms with Gasteiger partial charge in [-0.3, -0.25) is 9.97 Å². The third-order valence-electron chi connectivity index (χ3n) is 4.27. The van der Waals surface area contributed by atoms with Crippen molar-refractivity contribution >= 4 is 28.3 Å². The van der Waals surface area contributed by atoms with Gasteiger partial charge >= 0.3 is 0 Å². The number of hydrogen-bond acceptors (Lipinski definition) is 5. The molecule has 0 amide bonds. The number of aromatic nitrogens is 4. The second-order valence-electron chi connectivity index (χ2n) is 5.85. The fourth-order valence-electron chi connectivity index (χ4n) is 3.00. The van der Waals surface area contributed by atoms with E-state index in [4.69, 9.17) is 11.6 Å². The Hall–Kier alpha value is -3.05. The summed E-state index contributed by atoms with van der Waals surface area (Å²) in [5.41, 5.74) is 3.16. The van der Waals surface area contributed by atoms with Crippen molar-refractivity contribution in [3.05, 3.63) is 89.7 Å². The van der Waals surface area contributed by atoms with Crippen LogP contribution >= 0.6 is 11.6 Å². The van der Waals surface area contributed by atoms with Gasteiger partial charge in [0.15, 0.2) is 0 Å². The highest BCUT2D eigenvalue weighted by Crippen LogP contribution is 2.26. The summed E-state index contributed by atoms with van der Waals surface area (Å²) in [5, 5.41) is 4.63. The van der Waals surface area contributed by atoms with Crippen LogP contribution in [-0.2, 0) is 0 Å². The van der Waals surface area contributed by atoms with E-state index in [1.165, 1.54) is 11.1 Å². The Morgan fingerprint density at radius 3 is 2.08 bits per heavy atom. The quantitative estimate of drug-likeness (QED) is 0.536. The molecule has 1 aromatic carbocycles. The molecule has 3 heterocycles. The van der Waals surface area contributed by atoms with Crippen LogP contribution in [0.3, 0.4) is 0 Å². The van der Waals surface area contributed by atoms with Gasteiger partial charge in [0, 0.05) is 42.6 Å². The molecule has 0 aliphatic rings. The molecule has 1 N–H and O–H groups in total. The summed E-state index contributed by atoms with van der Waals surface area (Å²) < 4.78 is 0. The lowest BCUT2D eigenvalue weighted by atomic mass is 9.92. The van der Waals surface area contributed by atoms with Gasteiger partial charge < -0.3 is 5.32 Å². The van der Waals surface area contributed by atoms with Crippen molar-refractivity contribution in [3.63, 3.8) is 0 Å². The van der Waals surface area contributed by atoms with Crippen LogP contribution in [0.2, 0.25) is 5.28 Å². The van der Waals surface area contributed by atoms with E-state index in [2.05, 4.69) is 25.3 Å². The van der Waals surface area contributed by atoms with Crippen LogP contribution in [0.15, 0.2) is 73.3 Å². The molecule has 0 atom stereocenters. The average molecular weight is 362 g/mol. The zero-order valence-electron chi connectivity index (χ0n) is 13.9. The molecule has 128 valence electrons. The van der Waals surface area contributed by atoms with Gasteiger partial charge in [0.25, 0.3) is 0 Å². The fourth-order valence-corrected chi connectivity index (χ4v) is 3.18. The van der Waals surface area contributed by atoms with Gasteiger partial charge in [-0.25, -0.2) is 9.97 Å². The van der Waals surface area contributed by atoms with E-state index in [0.29, 0.717) is 6.54 Å². The van der Waals surface area contributed by atoms with Crippen molar-refractivity contribution in [2.24, 2.45) is 0 Å². The van der Waals surface area contributed by atoms with E-state index in [1.807, 2.05) is 48.5 Å². The van der Waals surface area contributed by atoms with Crippen LogP contribution in [0.1, 0.15) is 17.0 Å². The van der Waals surface area contributed by atoms with Crippen molar-refractivity contribution in [2.75, 3.05) is 11.9 Å². The third kappa shape index (κ3) is 3.48. The number of halogens is 1. The summed E-state index contributed by atoms with van der Waals surface area (Å²) in [6, 6.07) is 15.9. The lowest BCUT2D eigenvalue weighted by Gasteiger charge is -2.19. The molecule has 0 unspecified atom stereocenters. The number of hydrogen-bond donors (Lipinski definition) is 1. The molecular formula is C20H16ClN5. The molecule has 0 fully saturated rings. The molecule has 3 aromatic heterocycles. The fraction of sp³-hybridized carbons (Fsp3) is 0.100. The number of nitrogens with zero attached hydrogens (tertiary/aromatic N) is 4. The van der Waals surface area contributed by atoms with Crippen molar-refractivity contribution in [2.45, 2.75) is 5.92 Å². The highest BCUT2D eigenvalue weighted by molar-refractivity contribution is 6.28. The first-order chi connectivity index (χ1) is 12.8. The maximum atomic E-state index is 6.09. The first-order valence-electron chi connectivity index (χ1n) is 8.27. The van der Waals surface area contributed by atoms with E-state index in [9.17, 15) is 0 Å². The molecular weight excluding hydrogens is 346 g/mol. The summed E-state index contributed by atoms with van der Waals surface area (Å²) in [6.45, 7) is 0.658. The molecule has 0 bridgehead atoms. The van der Waals surface area contributed by atoms with Gasteiger partial charge in [-0.2, -0.15) is 0 Å². The number of anilines is 1. The van der Waals surface area contributed by atoms with Crippen LogP contribution < -0.4 is 5.32 Å². The summed E-state index contributed by atoms with van der Waals surface area (Å²) in [6.07, 6.45) is 7.22. The normalized spacial score (nSPS) is 11.0. The molecule has 0 spiro atoms. The Kier molecular flexibility index (Phi) is 4.71. The third-order valence-corrected chi connectivity index (χ3v) is 4.44. The summed E-state index contributed by atoms with van der Waals surface area (Å²) in [7, 11) is 0. The van der Waals surface area contributed by atoms with E-state index in [1.54, 1.807) is 24.8 Å². The highest BCUT2D eigenvalue weighted by atomic mass is 35.5. The van der Waals surface area contributed by atoms with Crippen LogP contribution in [0, 0.1) is 0 Å². The SMILES string of the molecule is Clc1nc(NCC(c2ccncc2)c2ccncc2)c2ccccc2n1. The van der Waals surface area contributed by atoms with Crippen LogP contribution in [0.4, 0.5) is 5.82 Å². The molecule has 4 rings (SSSR count).